The second-order valence-electron chi connectivity index (χ2n) is 9.86. The molecule has 196 valence electrons. The van der Waals surface area contributed by atoms with Crippen molar-refractivity contribution < 1.29 is 23.8 Å². The van der Waals surface area contributed by atoms with Gasteiger partial charge in [-0.3, -0.25) is 14.5 Å². The zero-order chi connectivity index (χ0) is 25.7. The van der Waals surface area contributed by atoms with Gasteiger partial charge in [0.25, 0.3) is 0 Å². The minimum Gasteiger partial charge on any atom is -0.493 e. The molecule has 2 aliphatic rings. The van der Waals surface area contributed by atoms with Crippen LogP contribution < -0.4 is 10.5 Å². The maximum absolute atomic E-state index is 13.3. The Labute approximate surface area is 212 Å². The van der Waals surface area contributed by atoms with Gasteiger partial charge in [0, 0.05) is 51.0 Å². The van der Waals surface area contributed by atoms with Gasteiger partial charge in [0.15, 0.2) is 5.89 Å². The molecule has 9 heteroatoms. The first kappa shape index (κ1) is 26.2. The van der Waals surface area contributed by atoms with Crippen molar-refractivity contribution in [2.45, 2.75) is 57.9 Å². The second-order valence-corrected chi connectivity index (χ2v) is 9.86. The van der Waals surface area contributed by atoms with Crippen LogP contribution in [0.5, 0.6) is 5.75 Å². The number of aryl methyl sites for hydroxylation is 2. The van der Waals surface area contributed by atoms with E-state index in [1.165, 1.54) is 0 Å². The molecule has 1 saturated heterocycles. The first-order chi connectivity index (χ1) is 17.4. The van der Waals surface area contributed by atoms with Crippen molar-refractivity contribution in [1.29, 1.82) is 0 Å². The first-order valence-electron chi connectivity index (χ1n) is 13.0. The average molecular weight is 499 g/mol. The molecule has 1 amide bonds. The number of rotatable bonds is 12. The van der Waals surface area contributed by atoms with Crippen molar-refractivity contribution in [3.05, 3.63) is 47.2 Å². The van der Waals surface area contributed by atoms with E-state index < -0.39 is 11.9 Å². The topological polar surface area (TPSA) is 122 Å². The molecule has 0 radical (unpaired) electrons. The van der Waals surface area contributed by atoms with E-state index in [1.54, 1.807) is 6.20 Å². The fourth-order valence-corrected chi connectivity index (χ4v) is 5.56. The Kier molecular flexibility index (Phi) is 8.64. The molecular weight excluding hydrogens is 460 g/mol. The zero-order valence-electron chi connectivity index (χ0n) is 21.3. The minimum absolute atomic E-state index is 0.00184. The fraction of sp³-hybridized carbons (Fsp3) is 0.593. The quantitative estimate of drug-likeness (QED) is 0.458. The van der Waals surface area contributed by atoms with Gasteiger partial charge in [0.05, 0.1) is 25.3 Å². The van der Waals surface area contributed by atoms with Gasteiger partial charge in [0.1, 0.15) is 11.5 Å². The van der Waals surface area contributed by atoms with Crippen molar-refractivity contribution in [3.63, 3.8) is 0 Å². The van der Waals surface area contributed by atoms with Gasteiger partial charge in [0.2, 0.25) is 5.91 Å². The molecule has 0 spiro atoms. The predicted molar refractivity (Wildman–Crippen MR) is 135 cm³/mol. The van der Waals surface area contributed by atoms with E-state index in [2.05, 4.69) is 22.9 Å². The lowest BCUT2D eigenvalue weighted by atomic mass is 9.83. The Morgan fingerprint density at radius 3 is 2.83 bits per heavy atom. The van der Waals surface area contributed by atoms with Crippen LogP contribution in [-0.4, -0.2) is 77.1 Å². The number of nitrogens with two attached hydrogens (primary N) is 1. The van der Waals surface area contributed by atoms with Crippen LogP contribution in [0, 0.1) is 12.8 Å². The summed E-state index contributed by atoms with van der Waals surface area (Å²) in [7, 11) is 0. The Hall–Kier alpha value is -2.91. The summed E-state index contributed by atoms with van der Waals surface area (Å²) in [4.78, 5) is 34.1. The van der Waals surface area contributed by atoms with E-state index in [4.69, 9.17) is 14.9 Å². The molecule has 3 heterocycles. The molecule has 9 nitrogen and oxygen atoms in total. The van der Waals surface area contributed by atoms with Crippen LogP contribution in [0.2, 0.25) is 0 Å². The van der Waals surface area contributed by atoms with Crippen molar-refractivity contribution >= 4 is 11.9 Å². The van der Waals surface area contributed by atoms with Gasteiger partial charge >= 0.3 is 5.97 Å². The second kappa shape index (κ2) is 11.9. The number of carbonyl (C=O) groups excluding carboxylic acids is 1. The van der Waals surface area contributed by atoms with Crippen molar-refractivity contribution in [3.8, 4) is 5.75 Å². The van der Waals surface area contributed by atoms with Crippen LogP contribution in [0.3, 0.4) is 0 Å². The lowest BCUT2D eigenvalue weighted by molar-refractivity contribution is -0.143. The van der Waals surface area contributed by atoms with E-state index in [1.807, 2.05) is 24.0 Å². The monoisotopic (exact) mass is 498 g/mol. The van der Waals surface area contributed by atoms with Gasteiger partial charge in [-0.05, 0) is 37.0 Å². The van der Waals surface area contributed by atoms with Crippen LogP contribution >= 0.6 is 0 Å². The highest BCUT2D eigenvalue weighted by Gasteiger charge is 2.47. The number of hydrogen-bond acceptors (Lipinski definition) is 7. The molecule has 3 N–H and O–H groups in total. The third kappa shape index (κ3) is 5.90. The van der Waals surface area contributed by atoms with Gasteiger partial charge < -0.3 is 24.9 Å². The number of benzene rings is 1. The molecule has 0 saturated carbocycles. The number of hydrogen-bond donors (Lipinski definition) is 2. The summed E-state index contributed by atoms with van der Waals surface area (Å²) in [6.07, 6.45) is 5.46. The molecule has 1 aromatic carbocycles. The molecule has 4 rings (SSSR count). The van der Waals surface area contributed by atoms with E-state index in [9.17, 15) is 14.7 Å². The highest BCUT2D eigenvalue weighted by Crippen LogP contribution is 2.41. The lowest BCUT2D eigenvalue weighted by Crippen LogP contribution is -2.45. The molecule has 2 aromatic rings. The summed E-state index contributed by atoms with van der Waals surface area (Å²) in [5, 5.41) is 10.4. The smallest absolute Gasteiger partial charge is 0.308 e. The van der Waals surface area contributed by atoms with Crippen LogP contribution in [0.15, 0.2) is 28.8 Å². The van der Waals surface area contributed by atoms with Crippen molar-refractivity contribution in [2.24, 2.45) is 11.7 Å². The summed E-state index contributed by atoms with van der Waals surface area (Å²) < 4.78 is 11.3. The molecule has 2 aliphatic heterocycles. The molecule has 3 atom stereocenters. The van der Waals surface area contributed by atoms with Crippen LogP contribution in [0.1, 0.15) is 54.9 Å². The third-order valence-electron chi connectivity index (χ3n) is 7.37. The van der Waals surface area contributed by atoms with Gasteiger partial charge in [-0.2, -0.15) is 0 Å². The van der Waals surface area contributed by atoms with E-state index in [0.717, 1.165) is 41.9 Å². The Balaban J connectivity index is 1.59. The predicted octanol–water partition coefficient (Wildman–Crippen LogP) is 2.61. The number of carboxylic acids is 1. The van der Waals surface area contributed by atoms with Crippen LogP contribution in [0.4, 0.5) is 0 Å². The number of aromatic nitrogens is 1. The number of aliphatic carboxylic acids is 1. The highest BCUT2D eigenvalue weighted by atomic mass is 16.5. The van der Waals surface area contributed by atoms with Gasteiger partial charge in [-0.25, -0.2) is 4.98 Å². The molecule has 1 fully saturated rings. The number of ether oxygens (including phenoxy) is 1. The summed E-state index contributed by atoms with van der Waals surface area (Å²) >= 11 is 0. The third-order valence-corrected chi connectivity index (χ3v) is 7.37. The number of oxazole rings is 1. The zero-order valence-corrected chi connectivity index (χ0v) is 21.3. The van der Waals surface area contributed by atoms with E-state index >= 15 is 0 Å². The van der Waals surface area contributed by atoms with Crippen molar-refractivity contribution in [2.75, 3.05) is 39.3 Å². The van der Waals surface area contributed by atoms with Gasteiger partial charge in [-0.1, -0.05) is 25.5 Å². The largest absolute Gasteiger partial charge is 0.493 e. The number of unbranched alkanes of at least 4 members (excludes halogenated alkanes) is 1. The van der Waals surface area contributed by atoms with Gasteiger partial charge in [-0.15, -0.1) is 0 Å². The molecule has 3 unspecified atom stereocenters. The maximum Gasteiger partial charge on any atom is 0.308 e. The number of fused-ring (bicyclic) bond motifs is 1. The molecule has 0 bridgehead atoms. The van der Waals surface area contributed by atoms with Crippen LogP contribution in [0.25, 0.3) is 0 Å². The molecule has 1 aromatic heterocycles. The van der Waals surface area contributed by atoms with Crippen molar-refractivity contribution in [1.82, 2.24) is 14.8 Å². The molecule has 36 heavy (non-hydrogen) atoms. The Morgan fingerprint density at radius 1 is 1.31 bits per heavy atom. The maximum atomic E-state index is 13.3. The van der Waals surface area contributed by atoms with Crippen LogP contribution in [-0.2, 0) is 22.4 Å². The first-order valence-corrected chi connectivity index (χ1v) is 13.0. The summed E-state index contributed by atoms with van der Waals surface area (Å²) in [5.41, 5.74) is 7.89. The number of carboxylic acid groups (broad SMARTS) is 1. The Bertz CT molecular complexity index is 1050. The van der Waals surface area contributed by atoms with E-state index in [0.29, 0.717) is 51.5 Å². The normalized spacial score (nSPS) is 21.4. The number of nitrogens with zero attached hydrogens (tertiary/aromatic N) is 3. The summed E-state index contributed by atoms with van der Waals surface area (Å²) in [6, 6.07) is 5.69. The standard InChI is InChI=1S/C27H38N4O5/c1-3-4-11-30(12-10-28)25(32)17-31-16-21(19-5-7-23-20(14-19)9-13-35-23)26(27(33)34)22(31)6-8-24-29-15-18(2)36-24/h5,7,14-15,21-22,26H,3-4,6,8-13,16-17,28H2,1-2H3,(H,33,34). The number of amides is 1. The summed E-state index contributed by atoms with van der Waals surface area (Å²) in [5.74, 6) is 0.477. The number of carbonyl (C=O) groups is 2. The highest BCUT2D eigenvalue weighted by molar-refractivity contribution is 5.79. The fourth-order valence-electron chi connectivity index (χ4n) is 5.56. The average Bonchev–Trinajstić information content (AvgIpc) is 3.58. The summed E-state index contributed by atoms with van der Waals surface area (Å²) in [6.45, 7) is 6.83. The van der Waals surface area contributed by atoms with E-state index in [-0.39, 0.29) is 24.4 Å². The lowest BCUT2D eigenvalue weighted by Gasteiger charge is -2.29. The molecular formula is C27H38N4O5. The Morgan fingerprint density at radius 2 is 2.14 bits per heavy atom. The number of likely N-dealkylation sites (tertiary alicyclic amines) is 1. The molecule has 0 aliphatic carbocycles. The SMILES string of the molecule is CCCCN(CCN)C(=O)CN1CC(c2ccc3c(c2)CCO3)C(C(=O)O)C1CCc1ncc(C)o1. The minimum atomic E-state index is -0.843.